The molecule has 1 nitrogen and oxygen atoms in total. The molecule has 1 radical (unpaired) electrons. The summed E-state index contributed by atoms with van der Waals surface area (Å²) in [6.45, 7) is 9.34. The molecular formula is C21H32NSi. The largest absolute Gasteiger partial charge is 0.370 e. The fraction of sp³-hybridized carbons (Fsp3) is 0.524. The van der Waals surface area contributed by atoms with E-state index >= 15 is 0 Å². The Kier molecular flexibility index (Phi) is 6.70. The Morgan fingerprint density at radius 3 is 2.48 bits per heavy atom. The van der Waals surface area contributed by atoms with Crippen molar-refractivity contribution in [2.24, 2.45) is 0 Å². The van der Waals surface area contributed by atoms with Crippen molar-refractivity contribution < 1.29 is 0 Å². The zero-order valence-electron chi connectivity index (χ0n) is 15.5. The van der Waals surface area contributed by atoms with Crippen LogP contribution in [-0.2, 0) is 0 Å². The van der Waals surface area contributed by atoms with Crippen molar-refractivity contribution in [1.29, 1.82) is 0 Å². The molecule has 1 aliphatic rings. The normalized spacial score (nSPS) is 18.2. The van der Waals surface area contributed by atoms with Crippen LogP contribution in [0.25, 0.3) is 0 Å². The van der Waals surface area contributed by atoms with Gasteiger partial charge in [0.15, 0.2) is 0 Å². The molecule has 0 amide bonds. The highest BCUT2D eigenvalue weighted by molar-refractivity contribution is 6.65. The van der Waals surface area contributed by atoms with Crippen LogP contribution in [0.15, 0.2) is 47.3 Å². The van der Waals surface area contributed by atoms with Gasteiger partial charge in [0.05, 0.1) is 14.8 Å². The number of rotatable bonds is 7. The topological polar surface area (TPSA) is 3.24 Å². The Labute approximate surface area is 144 Å². The van der Waals surface area contributed by atoms with Crippen molar-refractivity contribution in [3.05, 3.63) is 58.4 Å². The molecule has 0 saturated heterocycles. The first-order valence-corrected chi connectivity index (χ1v) is 11.6. The summed E-state index contributed by atoms with van der Waals surface area (Å²) in [7, 11) is 1.81. The van der Waals surface area contributed by atoms with Crippen LogP contribution >= 0.6 is 0 Å². The first kappa shape index (κ1) is 18.1. The minimum atomic E-state index is -0.421. The molecule has 0 aliphatic carbocycles. The predicted octanol–water partition coefficient (Wildman–Crippen LogP) is 6.06. The molecule has 0 aromatic heterocycles. The van der Waals surface area contributed by atoms with Crippen molar-refractivity contribution >= 4 is 8.80 Å². The summed E-state index contributed by atoms with van der Waals surface area (Å²) >= 11 is 0. The van der Waals surface area contributed by atoms with Crippen LogP contribution in [-0.4, -0.2) is 20.7 Å². The molecule has 0 N–H and O–H groups in total. The van der Waals surface area contributed by atoms with Crippen molar-refractivity contribution in [3.8, 4) is 0 Å². The average molecular weight is 327 g/mol. The highest BCUT2D eigenvalue weighted by Gasteiger charge is 2.23. The maximum Gasteiger partial charge on any atom is 0.0814 e. The highest BCUT2D eigenvalue weighted by Crippen LogP contribution is 2.34. The Bertz CT molecular complexity index is 571. The second kappa shape index (κ2) is 8.54. The van der Waals surface area contributed by atoms with E-state index in [-0.39, 0.29) is 0 Å². The van der Waals surface area contributed by atoms with Gasteiger partial charge in [0, 0.05) is 7.05 Å². The van der Waals surface area contributed by atoms with Crippen LogP contribution < -0.4 is 0 Å². The van der Waals surface area contributed by atoms with E-state index < -0.39 is 8.80 Å². The van der Waals surface area contributed by atoms with Crippen LogP contribution in [0.5, 0.6) is 0 Å². The van der Waals surface area contributed by atoms with Gasteiger partial charge in [-0.2, -0.15) is 0 Å². The summed E-state index contributed by atoms with van der Waals surface area (Å²) in [5.74, 6) is 0. The maximum absolute atomic E-state index is 2.54. The summed E-state index contributed by atoms with van der Waals surface area (Å²) in [5.41, 5.74) is 4.45. The first-order chi connectivity index (χ1) is 11.0. The molecule has 1 aromatic rings. The van der Waals surface area contributed by atoms with Gasteiger partial charge in [-0.25, -0.2) is 0 Å². The summed E-state index contributed by atoms with van der Waals surface area (Å²) < 4.78 is 0. The lowest BCUT2D eigenvalue weighted by molar-refractivity contribution is 0.383. The monoisotopic (exact) mass is 326 g/mol. The van der Waals surface area contributed by atoms with Gasteiger partial charge >= 0.3 is 0 Å². The van der Waals surface area contributed by atoms with E-state index in [1.165, 1.54) is 43.2 Å². The molecule has 1 aliphatic heterocycles. The lowest BCUT2D eigenvalue weighted by Gasteiger charge is -2.34. The lowest BCUT2D eigenvalue weighted by atomic mass is 9.94. The van der Waals surface area contributed by atoms with Crippen LogP contribution in [0.4, 0.5) is 0 Å². The predicted molar refractivity (Wildman–Crippen MR) is 104 cm³/mol. The van der Waals surface area contributed by atoms with Crippen molar-refractivity contribution in [3.63, 3.8) is 0 Å². The zero-order valence-corrected chi connectivity index (χ0v) is 16.5. The summed E-state index contributed by atoms with van der Waals surface area (Å²) in [6, 6.07) is 9.20. The van der Waals surface area contributed by atoms with E-state index in [1.807, 2.05) is 0 Å². The van der Waals surface area contributed by atoms with Crippen molar-refractivity contribution in [2.45, 2.75) is 65.1 Å². The van der Waals surface area contributed by atoms with Crippen LogP contribution in [0.1, 0.15) is 56.2 Å². The zero-order chi connectivity index (χ0) is 16.8. The highest BCUT2D eigenvalue weighted by atomic mass is 28.3. The second-order valence-electron chi connectivity index (χ2n) is 7.01. The van der Waals surface area contributed by atoms with Gasteiger partial charge in [-0.05, 0) is 47.9 Å². The summed E-state index contributed by atoms with van der Waals surface area (Å²) in [4.78, 5) is 2.41. The van der Waals surface area contributed by atoms with Gasteiger partial charge in [0.2, 0.25) is 0 Å². The molecule has 0 spiro atoms. The Balaban J connectivity index is 2.24. The van der Waals surface area contributed by atoms with Gasteiger partial charge in [-0.1, -0.05) is 69.6 Å². The Hall–Kier alpha value is -1.28. The molecule has 0 fully saturated rings. The molecule has 23 heavy (non-hydrogen) atoms. The number of nitrogens with zero attached hydrogens (tertiary/aromatic N) is 1. The van der Waals surface area contributed by atoms with E-state index in [9.17, 15) is 0 Å². The maximum atomic E-state index is 2.54. The summed E-state index contributed by atoms with van der Waals surface area (Å²) in [6.07, 6.45) is 11.6. The third kappa shape index (κ3) is 4.60. The third-order valence-corrected chi connectivity index (χ3v) is 6.35. The van der Waals surface area contributed by atoms with E-state index in [4.69, 9.17) is 0 Å². The van der Waals surface area contributed by atoms with Gasteiger partial charge in [0.25, 0.3) is 0 Å². The number of benzene rings is 1. The molecule has 1 atom stereocenters. The van der Waals surface area contributed by atoms with Gasteiger partial charge in [0.1, 0.15) is 0 Å². The molecule has 1 aromatic carbocycles. The quantitative estimate of drug-likeness (QED) is 0.435. The molecule has 0 saturated carbocycles. The van der Waals surface area contributed by atoms with Crippen molar-refractivity contribution in [2.75, 3.05) is 7.05 Å². The smallest absolute Gasteiger partial charge is 0.0814 e. The number of unbranched alkanes of at least 4 members (excludes halogenated alkanes) is 3. The second-order valence-corrected chi connectivity index (χ2v) is 9.55. The van der Waals surface area contributed by atoms with E-state index in [2.05, 4.69) is 75.4 Å². The molecule has 1 unspecified atom stereocenters. The molecule has 1 heterocycles. The molecule has 2 heteroatoms. The van der Waals surface area contributed by atoms with E-state index in [0.717, 1.165) is 0 Å². The Morgan fingerprint density at radius 2 is 1.83 bits per heavy atom. The molecular weight excluding hydrogens is 294 g/mol. The molecule has 0 bridgehead atoms. The van der Waals surface area contributed by atoms with E-state index in [0.29, 0.717) is 6.04 Å². The van der Waals surface area contributed by atoms with Crippen molar-refractivity contribution in [1.82, 2.24) is 4.90 Å². The minimum Gasteiger partial charge on any atom is -0.370 e. The number of allylic oxidation sites excluding steroid dienone is 2. The summed E-state index contributed by atoms with van der Waals surface area (Å²) in [5, 5.41) is 1.62. The first-order valence-electron chi connectivity index (χ1n) is 9.05. The Morgan fingerprint density at radius 1 is 1.09 bits per heavy atom. The van der Waals surface area contributed by atoms with Gasteiger partial charge in [-0.15, -0.1) is 0 Å². The van der Waals surface area contributed by atoms with Crippen LogP contribution in [0.3, 0.4) is 0 Å². The third-order valence-electron chi connectivity index (χ3n) is 4.82. The fourth-order valence-electron chi connectivity index (χ4n) is 3.40. The van der Waals surface area contributed by atoms with Crippen LogP contribution in [0, 0.1) is 6.92 Å². The van der Waals surface area contributed by atoms with Gasteiger partial charge in [-0.3, -0.25) is 0 Å². The average Bonchev–Trinajstić information content (AvgIpc) is 2.53. The van der Waals surface area contributed by atoms with E-state index in [1.54, 1.807) is 10.8 Å². The number of hydrogen-bond acceptors (Lipinski definition) is 1. The number of hydrogen-bond donors (Lipinski definition) is 0. The standard InChI is InChI=1S/C21H32NSi/c1-6-7-8-9-13-18-15-20(19-14-11-10-12-17(19)2)22(3)16-21(18)23(4)5/h10-12,14-16,20H,6-9,13H2,1-5H3. The molecule has 125 valence electrons. The number of likely N-dealkylation sites (N-methyl/N-ethyl adjacent to an activating group) is 1. The SMILES string of the molecule is CCCCCCC1=CC(c2ccccc2C)N(C)C=C1[Si](C)C. The minimum absolute atomic E-state index is 0.391. The fourth-order valence-corrected chi connectivity index (χ4v) is 4.72. The van der Waals surface area contributed by atoms with Crippen LogP contribution in [0.2, 0.25) is 13.1 Å². The lowest BCUT2D eigenvalue weighted by Crippen LogP contribution is -2.26. The number of aryl methyl sites for hydroxylation is 1. The van der Waals surface area contributed by atoms with Gasteiger partial charge < -0.3 is 4.90 Å². The molecule has 2 rings (SSSR count).